The van der Waals surface area contributed by atoms with Crippen molar-refractivity contribution in [2.45, 2.75) is 39.0 Å². The lowest BCUT2D eigenvalue weighted by Crippen LogP contribution is -2.38. The molecule has 0 saturated carbocycles. The fourth-order valence-electron chi connectivity index (χ4n) is 2.87. The molecule has 0 N–H and O–H groups in total. The lowest BCUT2D eigenvalue weighted by atomic mass is 9.92. The first-order chi connectivity index (χ1) is 11.5. The van der Waals surface area contributed by atoms with Gasteiger partial charge < -0.3 is 9.64 Å². The minimum Gasteiger partial charge on any atom is -0.476 e. The van der Waals surface area contributed by atoms with E-state index < -0.39 is 0 Å². The van der Waals surface area contributed by atoms with E-state index >= 15 is 0 Å². The third-order valence-corrected chi connectivity index (χ3v) is 4.27. The van der Waals surface area contributed by atoms with Crippen molar-refractivity contribution in [3.63, 3.8) is 0 Å². The second-order valence-electron chi connectivity index (χ2n) is 7.34. The SMILES string of the molecule is CC(C)(C)c1ccc(N2CCCC(COc3cnccn3)C2)nn1. The van der Waals surface area contributed by atoms with Crippen LogP contribution in [-0.4, -0.2) is 39.9 Å². The van der Waals surface area contributed by atoms with E-state index in [0.717, 1.165) is 37.4 Å². The molecular weight excluding hydrogens is 302 g/mol. The lowest BCUT2D eigenvalue weighted by molar-refractivity contribution is 0.220. The van der Waals surface area contributed by atoms with Gasteiger partial charge in [-0.15, -0.1) is 5.10 Å². The number of aromatic nitrogens is 4. The lowest BCUT2D eigenvalue weighted by Gasteiger charge is -2.33. The predicted molar refractivity (Wildman–Crippen MR) is 93.2 cm³/mol. The van der Waals surface area contributed by atoms with E-state index in [1.54, 1.807) is 18.6 Å². The Morgan fingerprint density at radius 2 is 2.08 bits per heavy atom. The van der Waals surface area contributed by atoms with Crippen molar-refractivity contribution < 1.29 is 4.74 Å². The van der Waals surface area contributed by atoms with Crippen LogP contribution in [0, 0.1) is 5.92 Å². The van der Waals surface area contributed by atoms with Crippen molar-refractivity contribution in [2.24, 2.45) is 5.92 Å². The van der Waals surface area contributed by atoms with E-state index in [4.69, 9.17) is 4.74 Å². The van der Waals surface area contributed by atoms with Crippen LogP contribution in [0.5, 0.6) is 5.88 Å². The van der Waals surface area contributed by atoms with E-state index in [0.29, 0.717) is 18.4 Å². The first-order valence-electron chi connectivity index (χ1n) is 8.50. The van der Waals surface area contributed by atoms with Crippen LogP contribution in [0.1, 0.15) is 39.3 Å². The molecule has 2 aromatic heterocycles. The van der Waals surface area contributed by atoms with Gasteiger partial charge in [-0.1, -0.05) is 20.8 Å². The number of hydrogen-bond acceptors (Lipinski definition) is 6. The monoisotopic (exact) mass is 327 g/mol. The van der Waals surface area contributed by atoms with Gasteiger partial charge in [0.05, 0.1) is 18.5 Å². The van der Waals surface area contributed by atoms with E-state index in [-0.39, 0.29) is 5.41 Å². The molecule has 1 aliphatic heterocycles. The maximum absolute atomic E-state index is 5.76. The Kier molecular flexibility index (Phi) is 4.92. The van der Waals surface area contributed by atoms with Crippen LogP contribution in [0.25, 0.3) is 0 Å². The summed E-state index contributed by atoms with van der Waals surface area (Å²) in [6.45, 7) is 9.06. The van der Waals surface area contributed by atoms with Gasteiger partial charge in [0.15, 0.2) is 5.82 Å². The number of piperidine rings is 1. The topological polar surface area (TPSA) is 64.0 Å². The Labute approximate surface area is 143 Å². The number of rotatable bonds is 4. The summed E-state index contributed by atoms with van der Waals surface area (Å²) in [7, 11) is 0. The summed E-state index contributed by atoms with van der Waals surface area (Å²) < 4.78 is 5.76. The highest BCUT2D eigenvalue weighted by Gasteiger charge is 2.23. The molecule has 128 valence electrons. The average Bonchev–Trinajstić information content (AvgIpc) is 2.60. The number of hydrogen-bond donors (Lipinski definition) is 0. The highest BCUT2D eigenvalue weighted by molar-refractivity contribution is 5.38. The number of ether oxygens (including phenoxy) is 1. The standard InChI is InChI=1S/C18H25N5O/c1-18(2,3)15-6-7-16(22-21-15)23-10-4-5-14(12-23)13-24-17-11-19-8-9-20-17/h6-9,11,14H,4-5,10,12-13H2,1-3H3. The predicted octanol–water partition coefficient (Wildman–Crippen LogP) is 2.86. The van der Waals surface area contributed by atoms with Gasteiger partial charge in [-0.25, -0.2) is 4.98 Å². The largest absolute Gasteiger partial charge is 0.476 e. The molecule has 24 heavy (non-hydrogen) atoms. The molecule has 6 nitrogen and oxygen atoms in total. The summed E-state index contributed by atoms with van der Waals surface area (Å²) in [5.41, 5.74) is 1.05. The Hall–Kier alpha value is -2.24. The Morgan fingerprint density at radius 3 is 2.75 bits per heavy atom. The number of nitrogens with zero attached hydrogens (tertiary/aromatic N) is 5. The molecule has 1 unspecified atom stereocenters. The van der Waals surface area contributed by atoms with Gasteiger partial charge in [0, 0.05) is 36.8 Å². The van der Waals surface area contributed by atoms with Crippen LogP contribution < -0.4 is 9.64 Å². The summed E-state index contributed by atoms with van der Waals surface area (Å²) in [4.78, 5) is 10.5. The quantitative estimate of drug-likeness (QED) is 0.860. The van der Waals surface area contributed by atoms with Gasteiger partial charge in [0.25, 0.3) is 0 Å². The molecule has 1 aliphatic rings. The second-order valence-corrected chi connectivity index (χ2v) is 7.34. The highest BCUT2D eigenvalue weighted by Crippen LogP contribution is 2.24. The fourth-order valence-corrected chi connectivity index (χ4v) is 2.87. The van der Waals surface area contributed by atoms with Crippen molar-refractivity contribution in [3.05, 3.63) is 36.4 Å². The fraction of sp³-hybridized carbons (Fsp3) is 0.556. The normalized spacial score (nSPS) is 18.5. The molecule has 3 rings (SSSR count). The first kappa shape index (κ1) is 16.6. The molecule has 0 aliphatic carbocycles. The third-order valence-electron chi connectivity index (χ3n) is 4.27. The molecular formula is C18H25N5O. The molecule has 1 saturated heterocycles. The molecule has 0 radical (unpaired) electrons. The summed E-state index contributed by atoms with van der Waals surface area (Å²) in [6.07, 6.45) is 7.24. The summed E-state index contributed by atoms with van der Waals surface area (Å²) in [5, 5.41) is 8.84. The molecule has 3 heterocycles. The van der Waals surface area contributed by atoms with Gasteiger partial charge in [0.2, 0.25) is 5.88 Å². The number of anilines is 1. The van der Waals surface area contributed by atoms with Gasteiger partial charge in [-0.05, 0) is 25.0 Å². The van der Waals surface area contributed by atoms with Crippen LogP contribution in [0.4, 0.5) is 5.82 Å². The van der Waals surface area contributed by atoms with Gasteiger partial charge in [-0.2, -0.15) is 5.10 Å². The molecule has 0 amide bonds. The van der Waals surface area contributed by atoms with Crippen LogP contribution in [0.2, 0.25) is 0 Å². The van der Waals surface area contributed by atoms with Gasteiger partial charge >= 0.3 is 0 Å². The van der Waals surface area contributed by atoms with E-state index in [1.807, 2.05) is 0 Å². The minimum atomic E-state index is 0.0283. The third kappa shape index (κ3) is 4.19. The average molecular weight is 327 g/mol. The zero-order valence-corrected chi connectivity index (χ0v) is 14.6. The molecule has 6 heteroatoms. The van der Waals surface area contributed by atoms with Crippen LogP contribution in [0.3, 0.4) is 0 Å². The van der Waals surface area contributed by atoms with Crippen molar-refractivity contribution in [3.8, 4) is 5.88 Å². The van der Waals surface area contributed by atoms with Crippen molar-refractivity contribution in [2.75, 3.05) is 24.6 Å². The molecule has 0 aromatic carbocycles. The molecule has 2 aromatic rings. The van der Waals surface area contributed by atoms with Gasteiger partial charge in [0.1, 0.15) is 0 Å². The van der Waals surface area contributed by atoms with Gasteiger partial charge in [-0.3, -0.25) is 4.98 Å². The van der Waals surface area contributed by atoms with Crippen molar-refractivity contribution >= 4 is 5.82 Å². The molecule has 1 atom stereocenters. The van der Waals surface area contributed by atoms with Crippen LogP contribution in [0.15, 0.2) is 30.7 Å². The summed E-state index contributed by atoms with van der Waals surface area (Å²) in [5.74, 6) is 2.00. The van der Waals surface area contributed by atoms with Crippen molar-refractivity contribution in [1.82, 2.24) is 20.2 Å². The highest BCUT2D eigenvalue weighted by atomic mass is 16.5. The molecule has 1 fully saturated rings. The van der Waals surface area contributed by atoms with Crippen LogP contribution >= 0.6 is 0 Å². The summed E-state index contributed by atoms with van der Waals surface area (Å²) in [6, 6.07) is 4.17. The Bertz CT molecular complexity index is 639. The van der Waals surface area contributed by atoms with E-state index in [2.05, 4.69) is 58.0 Å². The van der Waals surface area contributed by atoms with Crippen LogP contribution in [-0.2, 0) is 5.41 Å². The smallest absolute Gasteiger partial charge is 0.232 e. The van der Waals surface area contributed by atoms with E-state index in [1.165, 1.54) is 0 Å². The van der Waals surface area contributed by atoms with Crippen molar-refractivity contribution in [1.29, 1.82) is 0 Å². The summed E-state index contributed by atoms with van der Waals surface area (Å²) >= 11 is 0. The molecule has 0 bridgehead atoms. The Balaban J connectivity index is 1.59. The Morgan fingerprint density at radius 1 is 1.21 bits per heavy atom. The maximum atomic E-state index is 5.76. The first-order valence-corrected chi connectivity index (χ1v) is 8.50. The molecule has 0 spiro atoms. The minimum absolute atomic E-state index is 0.0283. The van der Waals surface area contributed by atoms with E-state index in [9.17, 15) is 0 Å². The maximum Gasteiger partial charge on any atom is 0.232 e. The zero-order chi connectivity index (χ0) is 17.0. The second kappa shape index (κ2) is 7.11. The zero-order valence-electron chi connectivity index (χ0n) is 14.6.